The number of aryl methyl sites for hydroxylation is 1. The van der Waals surface area contributed by atoms with Crippen LogP contribution in [0.4, 0.5) is 5.69 Å². The van der Waals surface area contributed by atoms with Crippen molar-refractivity contribution in [2.24, 2.45) is 0 Å². The zero-order valence-corrected chi connectivity index (χ0v) is 16.0. The summed E-state index contributed by atoms with van der Waals surface area (Å²) in [6.07, 6.45) is 2.00. The molecule has 0 radical (unpaired) electrons. The lowest BCUT2D eigenvalue weighted by atomic mass is 10.2. The number of imidazole rings is 1. The van der Waals surface area contributed by atoms with Gasteiger partial charge >= 0.3 is 0 Å². The fourth-order valence-corrected chi connectivity index (χ4v) is 3.12. The second-order valence-electron chi connectivity index (χ2n) is 6.45. The molecule has 0 fully saturated rings. The Morgan fingerprint density at radius 2 is 1.61 bits per heavy atom. The predicted molar refractivity (Wildman–Crippen MR) is 113 cm³/mol. The Hall–Kier alpha value is -3.37. The van der Waals surface area contributed by atoms with Crippen LogP contribution >= 0.6 is 11.6 Å². The zero-order valence-electron chi connectivity index (χ0n) is 15.3. The summed E-state index contributed by atoms with van der Waals surface area (Å²) in [6.45, 7) is 1.98. The van der Waals surface area contributed by atoms with Crippen molar-refractivity contribution < 1.29 is 4.79 Å². The van der Waals surface area contributed by atoms with E-state index in [4.69, 9.17) is 11.6 Å². The molecule has 1 heterocycles. The summed E-state index contributed by atoms with van der Waals surface area (Å²) in [4.78, 5) is 17.0. The monoisotopic (exact) mass is 387 g/mol. The minimum Gasteiger partial charge on any atom is -0.322 e. The maximum absolute atomic E-state index is 12.4. The molecule has 28 heavy (non-hydrogen) atoms. The Kier molecular flexibility index (Phi) is 4.96. The SMILES string of the molecule is Cc1cn(-c2ccc(NC(=O)c3ccc(Cl)cc3)cc2)c(-c2ccccc2)n1. The van der Waals surface area contributed by atoms with Gasteiger partial charge in [0.2, 0.25) is 0 Å². The summed E-state index contributed by atoms with van der Waals surface area (Å²) in [5, 5.41) is 3.50. The van der Waals surface area contributed by atoms with Crippen LogP contribution < -0.4 is 5.32 Å². The maximum atomic E-state index is 12.4. The molecule has 1 N–H and O–H groups in total. The van der Waals surface area contributed by atoms with Crippen molar-refractivity contribution in [3.8, 4) is 17.1 Å². The van der Waals surface area contributed by atoms with Crippen LogP contribution in [0, 0.1) is 6.92 Å². The van der Waals surface area contributed by atoms with Crippen LogP contribution in [-0.2, 0) is 0 Å². The van der Waals surface area contributed by atoms with E-state index in [1.165, 1.54) is 0 Å². The smallest absolute Gasteiger partial charge is 0.255 e. The first-order valence-electron chi connectivity index (χ1n) is 8.89. The first-order valence-corrected chi connectivity index (χ1v) is 9.27. The number of rotatable bonds is 4. The Labute approximate surface area is 168 Å². The number of aromatic nitrogens is 2. The summed E-state index contributed by atoms with van der Waals surface area (Å²) in [5.74, 6) is 0.712. The largest absolute Gasteiger partial charge is 0.322 e. The third kappa shape index (κ3) is 3.82. The van der Waals surface area contributed by atoms with Gasteiger partial charge < -0.3 is 5.32 Å². The molecule has 5 heteroatoms. The minimum absolute atomic E-state index is 0.173. The van der Waals surface area contributed by atoms with Gasteiger partial charge in [0.05, 0.1) is 5.69 Å². The van der Waals surface area contributed by atoms with E-state index < -0.39 is 0 Å². The molecule has 0 aliphatic heterocycles. The van der Waals surface area contributed by atoms with Gasteiger partial charge in [0, 0.05) is 33.7 Å². The molecule has 1 amide bonds. The first-order chi connectivity index (χ1) is 13.6. The van der Waals surface area contributed by atoms with Gasteiger partial charge in [-0.05, 0) is 55.5 Å². The highest BCUT2D eigenvalue weighted by Gasteiger charge is 2.10. The number of halogens is 1. The van der Waals surface area contributed by atoms with E-state index in [1.807, 2.05) is 67.7 Å². The van der Waals surface area contributed by atoms with Crippen LogP contribution in [0.15, 0.2) is 85.1 Å². The summed E-state index contributed by atoms with van der Waals surface area (Å²) in [6, 6.07) is 24.6. The van der Waals surface area contributed by atoms with E-state index in [1.54, 1.807) is 24.3 Å². The molecule has 4 nitrogen and oxygen atoms in total. The van der Waals surface area contributed by atoms with Crippen LogP contribution in [0.1, 0.15) is 16.1 Å². The van der Waals surface area contributed by atoms with Crippen LogP contribution in [0.5, 0.6) is 0 Å². The van der Waals surface area contributed by atoms with Crippen molar-refractivity contribution in [2.45, 2.75) is 6.92 Å². The molecular weight excluding hydrogens is 370 g/mol. The van der Waals surface area contributed by atoms with Crippen molar-refractivity contribution in [2.75, 3.05) is 5.32 Å². The summed E-state index contributed by atoms with van der Waals surface area (Å²) >= 11 is 5.87. The second kappa shape index (κ2) is 7.71. The number of nitrogens with zero attached hydrogens (tertiary/aromatic N) is 2. The molecule has 0 unspecified atom stereocenters. The van der Waals surface area contributed by atoms with Crippen molar-refractivity contribution >= 4 is 23.2 Å². The van der Waals surface area contributed by atoms with E-state index in [0.29, 0.717) is 10.6 Å². The van der Waals surface area contributed by atoms with Crippen molar-refractivity contribution in [3.05, 3.63) is 101 Å². The number of carbonyl (C=O) groups excluding carboxylic acids is 1. The zero-order chi connectivity index (χ0) is 19.5. The normalized spacial score (nSPS) is 10.6. The summed E-state index contributed by atoms with van der Waals surface area (Å²) in [5.41, 5.74) is 4.26. The Morgan fingerprint density at radius 3 is 2.29 bits per heavy atom. The first kappa shape index (κ1) is 18.0. The second-order valence-corrected chi connectivity index (χ2v) is 6.89. The number of anilines is 1. The van der Waals surface area contributed by atoms with E-state index in [-0.39, 0.29) is 5.91 Å². The standard InChI is InChI=1S/C23H18ClN3O/c1-16-15-27(22(25-16)17-5-3-2-4-6-17)21-13-11-20(12-14-21)26-23(28)18-7-9-19(24)10-8-18/h2-15H,1H3,(H,26,28). The lowest BCUT2D eigenvalue weighted by molar-refractivity contribution is 0.102. The number of hydrogen-bond donors (Lipinski definition) is 1. The molecule has 0 aliphatic carbocycles. The average molecular weight is 388 g/mol. The third-order valence-electron chi connectivity index (χ3n) is 4.37. The highest BCUT2D eigenvalue weighted by Crippen LogP contribution is 2.24. The molecule has 0 aliphatic rings. The molecule has 1 aromatic heterocycles. The van der Waals surface area contributed by atoms with Crippen molar-refractivity contribution in [1.29, 1.82) is 0 Å². The fourth-order valence-electron chi connectivity index (χ4n) is 3.00. The van der Waals surface area contributed by atoms with Gasteiger partial charge in [0.15, 0.2) is 0 Å². The van der Waals surface area contributed by atoms with Gasteiger partial charge in [-0.3, -0.25) is 9.36 Å². The molecule has 0 saturated heterocycles. The van der Waals surface area contributed by atoms with Crippen molar-refractivity contribution in [1.82, 2.24) is 9.55 Å². The van der Waals surface area contributed by atoms with Gasteiger partial charge in [-0.2, -0.15) is 0 Å². The lowest BCUT2D eigenvalue weighted by Crippen LogP contribution is -2.11. The molecule has 0 spiro atoms. The van der Waals surface area contributed by atoms with Crippen LogP contribution in [0.2, 0.25) is 5.02 Å². The minimum atomic E-state index is -0.173. The molecule has 0 saturated carbocycles. The van der Waals surface area contributed by atoms with Gasteiger partial charge in [-0.25, -0.2) is 4.98 Å². The molecular formula is C23H18ClN3O. The summed E-state index contributed by atoms with van der Waals surface area (Å²) < 4.78 is 2.05. The number of benzene rings is 3. The van der Waals surface area contributed by atoms with Gasteiger partial charge in [0.1, 0.15) is 5.82 Å². The lowest BCUT2D eigenvalue weighted by Gasteiger charge is -2.10. The van der Waals surface area contributed by atoms with Crippen LogP contribution in [0.25, 0.3) is 17.1 Å². The predicted octanol–water partition coefficient (Wildman–Crippen LogP) is 5.75. The highest BCUT2D eigenvalue weighted by atomic mass is 35.5. The van der Waals surface area contributed by atoms with Gasteiger partial charge in [-0.15, -0.1) is 0 Å². The highest BCUT2D eigenvalue weighted by molar-refractivity contribution is 6.30. The molecule has 3 aromatic carbocycles. The Balaban J connectivity index is 1.57. The molecule has 4 rings (SSSR count). The fraction of sp³-hybridized carbons (Fsp3) is 0.0435. The van der Waals surface area contributed by atoms with Gasteiger partial charge in [-0.1, -0.05) is 41.9 Å². The average Bonchev–Trinajstić information content (AvgIpc) is 3.11. The Bertz CT molecular complexity index is 1100. The third-order valence-corrected chi connectivity index (χ3v) is 4.62. The van der Waals surface area contributed by atoms with Gasteiger partial charge in [0.25, 0.3) is 5.91 Å². The van der Waals surface area contributed by atoms with E-state index in [9.17, 15) is 4.79 Å². The molecule has 138 valence electrons. The Morgan fingerprint density at radius 1 is 0.929 bits per heavy atom. The number of amides is 1. The molecule has 0 atom stereocenters. The number of carbonyl (C=O) groups is 1. The van der Waals surface area contributed by atoms with E-state index >= 15 is 0 Å². The quantitative estimate of drug-likeness (QED) is 0.484. The van der Waals surface area contributed by atoms with Crippen LogP contribution in [0.3, 0.4) is 0 Å². The number of hydrogen-bond acceptors (Lipinski definition) is 2. The summed E-state index contributed by atoms with van der Waals surface area (Å²) in [7, 11) is 0. The van der Waals surface area contributed by atoms with E-state index in [2.05, 4.69) is 14.9 Å². The van der Waals surface area contributed by atoms with Crippen molar-refractivity contribution in [3.63, 3.8) is 0 Å². The van der Waals surface area contributed by atoms with E-state index in [0.717, 1.165) is 28.5 Å². The number of nitrogens with one attached hydrogen (secondary N) is 1. The molecule has 4 aromatic rings. The van der Waals surface area contributed by atoms with Crippen LogP contribution in [-0.4, -0.2) is 15.5 Å². The maximum Gasteiger partial charge on any atom is 0.255 e. The topological polar surface area (TPSA) is 46.9 Å². The molecule has 0 bridgehead atoms.